The Kier molecular flexibility index (Phi) is 4.01. The van der Waals surface area contributed by atoms with Crippen LogP contribution >= 0.6 is 0 Å². The minimum atomic E-state index is 0.180. The van der Waals surface area contributed by atoms with E-state index < -0.39 is 0 Å². The Balaban J connectivity index is 2.48. The molecule has 1 N–H and O–H groups in total. The van der Waals surface area contributed by atoms with Gasteiger partial charge in [0.2, 0.25) is 0 Å². The van der Waals surface area contributed by atoms with E-state index in [9.17, 15) is 0 Å². The van der Waals surface area contributed by atoms with Crippen LogP contribution in [0, 0.1) is 12.3 Å². The molecule has 2 aromatic rings. The first kappa shape index (κ1) is 12.7. The predicted octanol–water partition coefficient (Wildman–Crippen LogP) is 2.16. The number of benzene rings is 1. The first-order valence-corrected chi connectivity index (χ1v) is 6.32. The topological polar surface area (TPSA) is 38.0 Å². The zero-order valence-electron chi connectivity index (χ0n) is 10.7. The molecule has 2 rings (SSSR count). The summed E-state index contributed by atoms with van der Waals surface area (Å²) in [5, 5.41) is 8.93. The van der Waals surface area contributed by atoms with Gasteiger partial charge in [-0.25, -0.2) is 4.98 Å². The van der Waals surface area contributed by atoms with Gasteiger partial charge in [0.05, 0.1) is 17.6 Å². The molecule has 0 aliphatic carbocycles. The molecule has 0 unspecified atom stereocenters. The van der Waals surface area contributed by atoms with Crippen LogP contribution in [0.25, 0.3) is 11.0 Å². The Morgan fingerprint density at radius 3 is 2.94 bits per heavy atom. The number of aliphatic hydroxyl groups excluding tert-OH is 1. The molecule has 0 atom stereocenters. The highest BCUT2D eigenvalue weighted by Crippen LogP contribution is 2.19. The van der Waals surface area contributed by atoms with E-state index in [1.807, 2.05) is 0 Å². The van der Waals surface area contributed by atoms with Gasteiger partial charge < -0.3 is 9.67 Å². The Hall–Kier alpha value is -1.79. The molecule has 1 aromatic heterocycles. The fraction of sp³-hybridized carbons (Fsp3) is 0.400. The molecule has 0 amide bonds. The number of nitrogens with zero attached hydrogens (tertiary/aromatic N) is 2. The number of rotatable bonds is 5. The summed E-state index contributed by atoms with van der Waals surface area (Å²) in [5.41, 5.74) is 3.36. The van der Waals surface area contributed by atoms with Gasteiger partial charge in [-0.15, -0.1) is 6.42 Å². The number of aliphatic hydroxyl groups is 1. The number of aromatic nitrogens is 2. The van der Waals surface area contributed by atoms with Crippen molar-refractivity contribution in [3.05, 3.63) is 29.6 Å². The average Bonchev–Trinajstić information content (AvgIpc) is 2.74. The second-order valence-corrected chi connectivity index (χ2v) is 4.32. The van der Waals surface area contributed by atoms with Gasteiger partial charge >= 0.3 is 0 Å². The van der Waals surface area contributed by atoms with Crippen molar-refractivity contribution in [2.75, 3.05) is 6.61 Å². The Morgan fingerprint density at radius 1 is 1.44 bits per heavy atom. The number of hydrogen-bond donors (Lipinski definition) is 1. The van der Waals surface area contributed by atoms with Gasteiger partial charge in [-0.3, -0.25) is 0 Å². The van der Waals surface area contributed by atoms with E-state index in [1.54, 1.807) is 0 Å². The summed E-state index contributed by atoms with van der Waals surface area (Å²) in [4.78, 5) is 4.63. The van der Waals surface area contributed by atoms with E-state index in [0.29, 0.717) is 13.0 Å². The maximum Gasteiger partial charge on any atom is 0.110 e. The van der Waals surface area contributed by atoms with E-state index in [0.717, 1.165) is 29.7 Å². The lowest BCUT2D eigenvalue weighted by molar-refractivity contribution is 0.287. The quantitative estimate of drug-likeness (QED) is 0.816. The third-order valence-electron chi connectivity index (χ3n) is 3.11. The average molecular weight is 242 g/mol. The maximum atomic E-state index is 8.93. The second-order valence-electron chi connectivity index (χ2n) is 4.32. The summed E-state index contributed by atoms with van der Waals surface area (Å²) in [6.45, 7) is 2.84. The molecule has 0 saturated heterocycles. The molecule has 0 spiro atoms. The first-order valence-electron chi connectivity index (χ1n) is 6.32. The number of aryl methyl sites for hydroxylation is 2. The van der Waals surface area contributed by atoms with Crippen molar-refractivity contribution < 1.29 is 5.11 Å². The Bertz CT molecular complexity index is 578. The zero-order valence-corrected chi connectivity index (χ0v) is 10.7. The highest BCUT2D eigenvalue weighted by atomic mass is 16.2. The lowest BCUT2D eigenvalue weighted by atomic mass is 10.1. The van der Waals surface area contributed by atoms with Crippen LogP contribution in [0.4, 0.5) is 0 Å². The molecule has 0 radical (unpaired) electrons. The van der Waals surface area contributed by atoms with Gasteiger partial charge in [-0.1, -0.05) is 18.9 Å². The van der Waals surface area contributed by atoms with Gasteiger partial charge in [0.25, 0.3) is 0 Å². The summed E-state index contributed by atoms with van der Waals surface area (Å²) in [6.07, 6.45) is 7.90. The van der Waals surface area contributed by atoms with Crippen LogP contribution in [0.1, 0.15) is 24.7 Å². The van der Waals surface area contributed by atoms with Crippen LogP contribution in [0.2, 0.25) is 0 Å². The van der Waals surface area contributed by atoms with Crippen molar-refractivity contribution in [1.82, 2.24) is 9.55 Å². The number of imidazole rings is 1. The number of terminal acetylenes is 1. The summed E-state index contributed by atoms with van der Waals surface area (Å²) < 4.78 is 2.06. The van der Waals surface area contributed by atoms with E-state index in [4.69, 9.17) is 11.5 Å². The normalized spacial score (nSPS) is 10.7. The fourth-order valence-corrected chi connectivity index (χ4v) is 2.14. The highest BCUT2D eigenvalue weighted by Gasteiger charge is 2.09. The van der Waals surface area contributed by atoms with E-state index >= 15 is 0 Å². The lowest BCUT2D eigenvalue weighted by Gasteiger charge is -2.04. The van der Waals surface area contributed by atoms with Gasteiger partial charge in [0.1, 0.15) is 5.82 Å². The van der Waals surface area contributed by atoms with Crippen molar-refractivity contribution >= 4 is 11.0 Å². The monoisotopic (exact) mass is 242 g/mol. The molecule has 0 aliphatic rings. The molecule has 1 heterocycles. The molecular weight excluding hydrogens is 224 g/mol. The van der Waals surface area contributed by atoms with Gasteiger partial charge in [-0.05, 0) is 30.5 Å². The zero-order chi connectivity index (χ0) is 13.0. The SMILES string of the molecule is C#CCn1c(CCCO)nc2cc(CC)ccc21. The van der Waals surface area contributed by atoms with E-state index in [1.165, 1.54) is 5.56 Å². The summed E-state index contributed by atoms with van der Waals surface area (Å²) in [7, 11) is 0. The Labute approximate surface area is 107 Å². The van der Waals surface area contributed by atoms with Crippen molar-refractivity contribution in [1.29, 1.82) is 0 Å². The molecule has 0 fully saturated rings. The molecule has 0 saturated carbocycles. The van der Waals surface area contributed by atoms with Crippen molar-refractivity contribution in [3.63, 3.8) is 0 Å². The molecule has 3 nitrogen and oxygen atoms in total. The highest BCUT2D eigenvalue weighted by molar-refractivity contribution is 5.77. The fourth-order valence-electron chi connectivity index (χ4n) is 2.14. The van der Waals surface area contributed by atoms with Crippen LogP contribution in [0.15, 0.2) is 18.2 Å². The number of fused-ring (bicyclic) bond motifs is 1. The predicted molar refractivity (Wildman–Crippen MR) is 73.4 cm³/mol. The summed E-state index contributed by atoms with van der Waals surface area (Å²) >= 11 is 0. The standard InChI is InChI=1S/C15H18N2O/c1-3-9-17-14-8-7-12(4-2)11-13(14)16-15(17)6-5-10-18/h1,7-8,11,18H,4-6,9-10H2,2H3. The summed E-state index contributed by atoms with van der Waals surface area (Å²) in [5.74, 6) is 3.63. The molecular formula is C15H18N2O. The third kappa shape index (κ3) is 2.39. The largest absolute Gasteiger partial charge is 0.396 e. The minimum absolute atomic E-state index is 0.180. The van der Waals surface area contributed by atoms with Gasteiger partial charge in [-0.2, -0.15) is 0 Å². The smallest absolute Gasteiger partial charge is 0.110 e. The Morgan fingerprint density at radius 2 is 2.28 bits per heavy atom. The van der Waals surface area contributed by atoms with E-state index in [2.05, 4.69) is 40.6 Å². The molecule has 1 aromatic carbocycles. The molecule has 0 aliphatic heterocycles. The maximum absolute atomic E-state index is 8.93. The molecule has 94 valence electrons. The van der Waals surface area contributed by atoms with Crippen LogP contribution < -0.4 is 0 Å². The molecule has 0 bridgehead atoms. The number of hydrogen-bond acceptors (Lipinski definition) is 2. The second kappa shape index (κ2) is 5.70. The molecule has 3 heteroatoms. The van der Waals surface area contributed by atoms with E-state index in [-0.39, 0.29) is 6.61 Å². The minimum Gasteiger partial charge on any atom is -0.396 e. The summed E-state index contributed by atoms with van der Waals surface area (Å²) in [6, 6.07) is 6.32. The van der Waals surface area contributed by atoms with Crippen LogP contribution in [-0.4, -0.2) is 21.3 Å². The third-order valence-corrected chi connectivity index (χ3v) is 3.11. The lowest BCUT2D eigenvalue weighted by Crippen LogP contribution is -2.03. The van der Waals surface area contributed by atoms with Crippen molar-refractivity contribution in [3.8, 4) is 12.3 Å². The molecule has 18 heavy (non-hydrogen) atoms. The van der Waals surface area contributed by atoms with Gasteiger partial charge in [0.15, 0.2) is 0 Å². The first-order chi connectivity index (χ1) is 8.80. The van der Waals surface area contributed by atoms with Crippen LogP contribution in [-0.2, 0) is 19.4 Å². The van der Waals surface area contributed by atoms with Crippen molar-refractivity contribution in [2.45, 2.75) is 32.7 Å². The van der Waals surface area contributed by atoms with Crippen LogP contribution in [0.3, 0.4) is 0 Å². The van der Waals surface area contributed by atoms with Crippen molar-refractivity contribution in [2.24, 2.45) is 0 Å². The van der Waals surface area contributed by atoms with Crippen LogP contribution in [0.5, 0.6) is 0 Å². The van der Waals surface area contributed by atoms with Gasteiger partial charge in [0, 0.05) is 13.0 Å².